The molecule has 0 spiro atoms. The van der Waals surface area contributed by atoms with Crippen molar-refractivity contribution in [1.82, 2.24) is 19.6 Å². The van der Waals surface area contributed by atoms with E-state index in [2.05, 4.69) is 15.5 Å². The molecule has 0 bridgehead atoms. The number of aromatic nitrogens is 4. The molecule has 8 nitrogen and oxygen atoms in total. The van der Waals surface area contributed by atoms with Gasteiger partial charge >= 0.3 is 5.97 Å². The number of carbonyl (C=O) groups is 2. The Kier molecular flexibility index (Phi) is 5.04. The van der Waals surface area contributed by atoms with Gasteiger partial charge in [-0.15, -0.1) is 0 Å². The lowest BCUT2D eigenvalue weighted by atomic mass is 9.98. The van der Waals surface area contributed by atoms with E-state index >= 15 is 0 Å². The van der Waals surface area contributed by atoms with E-state index in [4.69, 9.17) is 0 Å². The molecule has 0 aliphatic carbocycles. The van der Waals surface area contributed by atoms with Crippen LogP contribution >= 0.6 is 0 Å². The predicted molar refractivity (Wildman–Crippen MR) is 105 cm³/mol. The number of hydrogen-bond donors (Lipinski definition) is 2. The number of carbonyl (C=O) groups excluding carboxylic acids is 1. The molecule has 3 rings (SSSR count). The molecule has 2 heterocycles. The van der Waals surface area contributed by atoms with Crippen molar-refractivity contribution in [3.05, 3.63) is 58.7 Å². The normalized spacial score (nSPS) is 12.0. The van der Waals surface area contributed by atoms with Gasteiger partial charge in [0.15, 0.2) is 0 Å². The summed E-state index contributed by atoms with van der Waals surface area (Å²) in [6.07, 6.45) is 1.32. The first-order valence-electron chi connectivity index (χ1n) is 8.90. The summed E-state index contributed by atoms with van der Waals surface area (Å²) in [4.78, 5) is 24.0. The molecular formula is C20H23N5O3. The van der Waals surface area contributed by atoms with Crippen LogP contribution in [0.5, 0.6) is 0 Å². The number of nitrogens with one attached hydrogen (secondary N) is 1. The van der Waals surface area contributed by atoms with Crippen LogP contribution in [0.3, 0.4) is 0 Å². The molecule has 8 heteroatoms. The van der Waals surface area contributed by atoms with Gasteiger partial charge in [-0.25, -0.2) is 9.48 Å². The topological polar surface area (TPSA) is 102 Å². The Bertz CT molecular complexity index is 1060. The van der Waals surface area contributed by atoms with Crippen molar-refractivity contribution < 1.29 is 14.7 Å². The molecule has 0 saturated carbocycles. The second-order valence-corrected chi connectivity index (χ2v) is 6.83. The summed E-state index contributed by atoms with van der Waals surface area (Å²) in [6, 6.07) is 7.14. The molecule has 0 saturated heterocycles. The number of aryl methyl sites for hydroxylation is 2. The van der Waals surface area contributed by atoms with Crippen LogP contribution in [0.25, 0.3) is 5.69 Å². The second-order valence-electron chi connectivity index (χ2n) is 6.83. The molecule has 1 unspecified atom stereocenters. The first kappa shape index (κ1) is 19.3. The molecule has 146 valence electrons. The SMILES string of the molecule is Cc1nn(C)c(C)c1C(C)C(=O)Nc1cccc(-n2ncc(C(=O)O)c2C)c1. The Morgan fingerprint density at radius 2 is 1.89 bits per heavy atom. The van der Waals surface area contributed by atoms with E-state index < -0.39 is 5.97 Å². The van der Waals surface area contributed by atoms with E-state index in [0.29, 0.717) is 17.1 Å². The van der Waals surface area contributed by atoms with Gasteiger partial charge in [-0.1, -0.05) is 6.07 Å². The Morgan fingerprint density at radius 3 is 2.46 bits per heavy atom. The van der Waals surface area contributed by atoms with Gasteiger partial charge in [0.05, 0.1) is 29.2 Å². The molecule has 3 aromatic rings. The Morgan fingerprint density at radius 1 is 1.18 bits per heavy atom. The lowest BCUT2D eigenvalue weighted by molar-refractivity contribution is -0.117. The largest absolute Gasteiger partial charge is 0.478 e. The number of carboxylic acids is 1. The maximum atomic E-state index is 12.8. The maximum Gasteiger partial charge on any atom is 0.339 e. The van der Waals surface area contributed by atoms with Gasteiger partial charge in [-0.2, -0.15) is 10.2 Å². The molecular weight excluding hydrogens is 358 g/mol. The smallest absolute Gasteiger partial charge is 0.339 e. The van der Waals surface area contributed by atoms with Crippen LogP contribution in [0.4, 0.5) is 5.69 Å². The zero-order valence-corrected chi connectivity index (χ0v) is 16.5. The molecule has 0 aliphatic heterocycles. The lowest BCUT2D eigenvalue weighted by Crippen LogP contribution is -2.20. The molecule has 1 atom stereocenters. The standard InChI is InChI=1S/C20H23N5O3/c1-11(18-12(2)23-24(5)14(18)4)19(26)22-15-7-6-8-16(9-15)25-13(3)17(10-21-25)20(27)28/h6-11H,1-5H3,(H,22,26)(H,27,28). The first-order valence-corrected chi connectivity index (χ1v) is 8.90. The van der Waals surface area contributed by atoms with Crippen LogP contribution in [0.15, 0.2) is 30.5 Å². The van der Waals surface area contributed by atoms with Crippen molar-refractivity contribution in [2.24, 2.45) is 7.05 Å². The van der Waals surface area contributed by atoms with Crippen LogP contribution in [0, 0.1) is 20.8 Å². The number of amides is 1. The highest BCUT2D eigenvalue weighted by Gasteiger charge is 2.23. The quantitative estimate of drug-likeness (QED) is 0.707. The minimum Gasteiger partial charge on any atom is -0.478 e. The highest BCUT2D eigenvalue weighted by Crippen LogP contribution is 2.25. The Balaban J connectivity index is 1.85. The fraction of sp³-hybridized carbons (Fsp3) is 0.300. The minimum absolute atomic E-state index is 0.139. The monoisotopic (exact) mass is 381 g/mol. The Labute approximate surface area is 162 Å². The summed E-state index contributed by atoms with van der Waals surface area (Å²) in [6.45, 7) is 7.39. The van der Waals surface area contributed by atoms with Crippen molar-refractivity contribution in [2.45, 2.75) is 33.6 Å². The molecule has 0 aliphatic rings. The average molecular weight is 381 g/mol. The van der Waals surface area contributed by atoms with E-state index in [1.54, 1.807) is 35.9 Å². The summed E-state index contributed by atoms with van der Waals surface area (Å²) in [5.41, 5.74) is 4.67. The lowest BCUT2D eigenvalue weighted by Gasteiger charge is -2.14. The number of hydrogen-bond acceptors (Lipinski definition) is 4. The number of nitrogens with zero attached hydrogens (tertiary/aromatic N) is 4. The van der Waals surface area contributed by atoms with Crippen molar-refractivity contribution in [1.29, 1.82) is 0 Å². The van der Waals surface area contributed by atoms with Crippen LogP contribution < -0.4 is 5.32 Å². The fourth-order valence-electron chi connectivity index (χ4n) is 3.39. The van der Waals surface area contributed by atoms with E-state index in [0.717, 1.165) is 17.0 Å². The number of anilines is 1. The van der Waals surface area contributed by atoms with Crippen molar-refractivity contribution >= 4 is 17.6 Å². The van der Waals surface area contributed by atoms with Gasteiger partial charge in [0.2, 0.25) is 5.91 Å². The van der Waals surface area contributed by atoms with Gasteiger partial charge in [-0.3, -0.25) is 9.48 Å². The van der Waals surface area contributed by atoms with Crippen LogP contribution in [-0.2, 0) is 11.8 Å². The summed E-state index contributed by atoms with van der Waals surface area (Å²) < 4.78 is 3.31. The van der Waals surface area contributed by atoms with Crippen LogP contribution in [0.2, 0.25) is 0 Å². The molecule has 2 N–H and O–H groups in total. The molecule has 2 aromatic heterocycles. The van der Waals surface area contributed by atoms with Crippen LogP contribution in [0.1, 0.15) is 45.8 Å². The second kappa shape index (κ2) is 7.30. The number of carboxylic acid groups (broad SMARTS) is 1. The van der Waals surface area contributed by atoms with E-state index in [1.807, 2.05) is 27.8 Å². The zero-order valence-electron chi connectivity index (χ0n) is 16.5. The molecule has 1 aromatic carbocycles. The highest BCUT2D eigenvalue weighted by molar-refractivity contribution is 5.96. The van der Waals surface area contributed by atoms with Crippen molar-refractivity contribution in [2.75, 3.05) is 5.32 Å². The van der Waals surface area contributed by atoms with Gasteiger partial charge in [-0.05, 0) is 45.9 Å². The van der Waals surface area contributed by atoms with Gasteiger partial charge in [0.25, 0.3) is 0 Å². The van der Waals surface area contributed by atoms with E-state index in [-0.39, 0.29) is 17.4 Å². The molecule has 0 radical (unpaired) electrons. The molecule has 0 fully saturated rings. The summed E-state index contributed by atoms with van der Waals surface area (Å²) >= 11 is 0. The van der Waals surface area contributed by atoms with Crippen LogP contribution in [-0.4, -0.2) is 36.5 Å². The molecule has 1 amide bonds. The average Bonchev–Trinajstić information content (AvgIpc) is 3.14. The van der Waals surface area contributed by atoms with Gasteiger partial charge in [0, 0.05) is 24.0 Å². The minimum atomic E-state index is -1.02. The summed E-state index contributed by atoms with van der Waals surface area (Å²) in [7, 11) is 1.86. The number of benzene rings is 1. The zero-order chi connectivity index (χ0) is 20.6. The molecule has 28 heavy (non-hydrogen) atoms. The van der Waals surface area contributed by atoms with Gasteiger partial charge < -0.3 is 10.4 Å². The fourth-order valence-corrected chi connectivity index (χ4v) is 3.39. The summed E-state index contributed by atoms with van der Waals surface area (Å²) in [5, 5.41) is 20.7. The third-order valence-corrected chi connectivity index (χ3v) is 4.99. The van der Waals surface area contributed by atoms with E-state index in [1.165, 1.54) is 10.9 Å². The summed E-state index contributed by atoms with van der Waals surface area (Å²) in [5.74, 6) is -1.52. The third kappa shape index (κ3) is 3.40. The number of rotatable bonds is 5. The predicted octanol–water partition coefficient (Wildman–Crippen LogP) is 2.97. The highest BCUT2D eigenvalue weighted by atomic mass is 16.4. The van der Waals surface area contributed by atoms with Gasteiger partial charge in [0.1, 0.15) is 5.56 Å². The number of aromatic carboxylic acids is 1. The Hall–Kier alpha value is -3.42. The third-order valence-electron chi connectivity index (χ3n) is 4.99. The van der Waals surface area contributed by atoms with Crippen molar-refractivity contribution in [3.8, 4) is 5.69 Å². The van der Waals surface area contributed by atoms with E-state index in [9.17, 15) is 14.7 Å². The van der Waals surface area contributed by atoms with Crippen molar-refractivity contribution in [3.63, 3.8) is 0 Å². The maximum absolute atomic E-state index is 12.8. The first-order chi connectivity index (χ1) is 13.2.